The average molecular weight is 270 g/mol. The number of rotatable bonds is 5. The van der Waals surface area contributed by atoms with Crippen LogP contribution in [-0.4, -0.2) is 33.0 Å². The molecule has 2 rings (SSSR count). The predicted octanol–water partition coefficient (Wildman–Crippen LogP) is 1.74. The van der Waals surface area contributed by atoms with E-state index in [1.165, 1.54) is 31.0 Å². The number of aromatic nitrogens is 3. The maximum atomic E-state index is 11.6. The Morgan fingerprint density at radius 3 is 2.89 bits per heavy atom. The number of thioether (sulfide) groups is 1. The summed E-state index contributed by atoms with van der Waals surface area (Å²) in [6, 6.07) is 0. The number of anilines is 1. The molecule has 18 heavy (non-hydrogen) atoms. The van der Waals surface area contributed by atoms with Gasteiger partial charge in [0.2, 0.25) is 11.1 Å². The summed E-state index contributed by atoms with van der Waals surface area (Å²) in [6.45, 7) is 0. The van der Waals surface area contributed by atoms with E-state index >= 15 is 0 Å². The van der Waals surface area contributed by atoms with E-state index in [1.807, 2.05) is 0 Å². The molecule has 0 aliphatic heterocycles. The molecule has 0 atom stereocenters. The van der Waals surface area contributed by atoms with Crippen molar-refractivity contribution < 1.29 is 9.53 Å². The van der Waals surface area contributed by atoms with Crippen molar-refractivity contribution in [3.8, 4) is 0 Å². The SMILES string of the molecule is Nc1nc(SCCC(=O)OC2CCCCC2)n[nH]1. The lowest BCUT2D eigenvalue weighted by Crippen LogP contribution is -2.21. The van der Waals surface area contributed by atoms with Crippen LogP contribution >= 0.6 is 11.8 Å². The predicted molar refractivity (Wildman–Crippen MR) is 69.1 cm³/mol. The summed E-state index contributed by atoms with van der Waals surface area (Å²) in [5.41, 5.74) is 5.40. The molecule has 1 aliphatic rings. The van der Waals surface area contributed by atoms with Gasteiger partial charge in [0.25, 0.3) is 0 Å². The second-order valence-electron chi connectivity index (χ2n) is 4.35. The molecule has 6 nitrogen and oxygen atoms in total. The van der Waals surface area contributed by atoms with Gasteiger partial charge in [-0.25, -0.2) is 5.10 Å². The summed E-state index contributed by atoms with van der Waals surface area (Å²) in [5.74, 6) is 0.781. The van der Waals surface area contributed by atoms with Crippen LogP contribution in [0, 0.1) is 0 Å². The van der Waals surface area contributed by atoms with Crippen molar-refractivity contribution in [2.24, 2.45) is 0 Å². The fourth-order valence-electron chi connectivity index (χ4n) is 1.98. The number of nitrogens with two attached hydrogens (primary N) is 1. The zero-order valence-corrected chi connectivity index (χ0v) is 11.0. The Morgan fingerprint density at radius 1 is 1.44 bits per heavy atom. The molecule has 1 aromatic heterocycles. The minimum atomic E-state index is -0.127. The molecule has 100 valence electrons. The van der Waals surface area contributed by atoms with Gasteiger partial charge in [0.1, 0.15) is 6.10 Å². The zero-order valence-electron chi connectivity index (χ0n) is 10.2. The van der Waals surface area contributed by atoms with Crippen LogP contribution in [0.25, 0.3) is 0 Å². The lowest BCUT2D eigenvalue weighted by Gasteiger charge is -2.21. The lowest BCUT2D eigenvalue weighted by molar-refractivity contribution is -0.149. The van der Waals surface area contributed by atoms with Gasteiger partial charge in [0, 0.05) is 5.75 Å². The molecule has 0 radical (unpaired) electrons. The third-order valence-electron chi connectivity index (χ3n) is 2.87. The summed E-state index contributed by atoms with van der Waals surface area (Å²) in [7, 11) is 0. The number of ether oxygens (including phenoxy) is 1. The van der Waals surface area contributed by atoms with Gasteiger partial charge in [0.05, 0.1) is 6.42 Å². The third-order valence-corrected chi connectivity index (χ3v) is 3.72. The minimum absolute atomic E-state index is 0.127. The van der Waals surface area contributed by atoms with Gasteiger partial charge in [-0.15, -0.1) is 5.10 Å². The van der Waals surface area contributed by atoms with Crippen molar-refractivity contribution in [1.82, 2.24) is 15.2 Å². The first-order valence-corrected chi connectivity index (χ1v) is 7.23. The Balaban J connectivity index is 1.62. The first-order valence-electron chi connectivity index (χ1n) is 6.24. The Kier molecular flexibility index (Phi) is 4.86. The minimum Gasteiger partial charge on any atom is -0.462 e. The number of carbonyl (C=O) groups is 1. The highest BCUT2D eigenvalue weighted by Crippen LogP contribution is 2.21. The number of H-pyrrole nitrogens is 1. The normalized spacial score (nSPS) is 16.7. The second kappa shape index (κ2) is 6.63. The van der Waals surface area contributed by atoms with Crippen LogP contribution in [0.4, 0.5) is 5.95 Å². The van der Waals surface area contributed by atoms with E-state index in [0.717, 1.165) is 12.8 Å². The van der Waals surface area contributed by atoms with Gasteiger partial charge >= 0.3 is 5.97 Å². The molecule has 1 fully saturated rings. The smallest absolute Gasteiger partial charge is 0.306 e. The van der Waals surface area contributed by atoms with Crippen molar-refractivity contribution in [3.63, 3.8) is 0 Å². The lowest BCUT2D eigenvalue weighted by atomic mass is 9.98. The van der Waals surface area contributed by atoms with Gasteiger partial charge in [-0.1, -0.05) is 18.2 Å². The highest BCUT2D eigenvalue weighted by Gasteiger charge is 2.17. The topological polar surface area (TPSA) is 93.9 Å². The molecule has 0 spiro atoms. The molecule has 1 heterocycles. The number of hydrogen-bond acceptors (Lipinski definition) is 6. The Morgan fingerprint density at radius 2 is 2.22 bits per heavy atom. The van der Waals surface area contributed by atoms with E-state index in [2.05, 4.69) is 15.2 Å². The van der Waals surface area contributed by atoms with Crippen molar-refractivity contribution in [2.75, 3.05) is 11.5 Å². The molecule has 1 aliphatic carbocycles. The van der Waals surface area contributed by atoms with Crippen LogP contribution in [0.1, 0.15) is 38.5 Å². The van der Waals surface area contributed by atoms with Crippen molar-refractivity contribution in [2.45, 2.75) is 49.8 Å². The molecule has 0 aromatic carbocycles. The molecule has 3 N–H and O–H groups in total. The van der Waals surface area contributed by atoms with Crippen LogP contribution in [0.3, 0.4) is 0 Å². The van der Waals surface area contributed by atoms with Crippen molar-refractivity contribution in [1.29, 1.82) is 0 Å². The fourth-order valence-corrected chi connectivity index (χ4v) is 2.70. The monoisotopic (exact) mass is 270 g/mol. The summed E-state index contributed by atoms with van der Waals surface area (Å²) >= 11 is 1.40. The zero-order chi connectivity index (χ0) is 12.8. The van der Waals surface area contributed by atoms with Crippen molar-refractivity contribution >= 4 is 23.7 Å². The van der Waals surface area contributed by atoms with Crippen molar-refractivity contribution in [3.05, 3.63) is 0 Å². The molecule has 1 saturated carbocycles. The van der Waals surface area contributed by atoms with Gasteiger partial charge in [0.15, 0.2) is 0 Å². The average Bonchev–Trinajstić information content (AvgIpc) is 2.76. The van der Waals surface area contributed by atoms with E-state index in [0.29, 0.717) is 23.3 Å². The number of aromatic amines is 1. The molecule has 7 heteroatoms. The number of nitrogens with zero attached hydrogens (tertiary/aromatic N) is 2. The van der Waals surface area contributed by atoms with Crippen LogP contribution in [-0.2, 0) is 9.53 Å². The molecular formula is C11H18N4O2S. The van der Waals surface area contributed by atoms with Gasteiger partial charge in [-0.2, -0.15) is 4.98 Å². The highest BCUT2D eigenvalue weighted by atomic mass is 32.2. The molecular weight excluding hydrogens is 252 g/mol. The number of nitrogen functional groups attached to an aromatic ring is 1. The number of hydrogen-bond donors (Lipinski definition) is 2. The van der Waals surface area contributed by atoms with Crippen LogP contribution < -0.4 is 5.73 Å². The van der Waals surface area contributed by atoms with Crippen LogP contribution in [0.15, 0.2) is 5.16 Å². The van der Waals surface area contributed by atoms with Gasteiger partial charge in [-0.05, 0) is 25.7 Å². The van der Waals surface area contributed by atoms with Gasteiger partial charge in [-0.3, -0.25) is 4.79 Å². The summed E-state index contributed by atoms with van der Waals surface area (Å²) in [6.07, 6.45) is 6.14. The van der Waals surface area contributed by atoms with Gasteiger partial charge < -0.3 is 10.5 Å². The largest absolute Gasteiger partial charge is 0.462 e. The number of esters is 1. The van der Waals surface area contributed by atoms with E-state index < -0.39 is 0 Å². The Bertz CT molecular complexity index is 390. The second-order valence-corrected chi connectivity index (χ2v) is 5.41. The molecule has 1 aromatic rings. The molecule has 0 unspecified atom stereocenters. The quantitative estimate of drug-likeness (QED) is 0.625. The van der Waals surface area contributed by atoms with E-state index in [4.69, 9.17) is 10.5 Å². The van der Waals surface area contributed by atoms with E-state index in [1.54, 1.807) is 0 Å². The summed E-state index contributed by atoms with van der Waals surface area (Å²) in [4.78, 5) is 15.5. The Hall–Kier alpha value is -1.24. The Labute approximate surface area is 110 Å². The summed E-state index contributed by atoms with van der Waals surface area (Å²) in [5, 5.41) is 7.00. The molecule has 0 saturated heterocycles. The number of carbonyl (C=O) groups excluding carboxylic acids is 1. The maximum absolute atomic E-state index is 11.6. The fraction of sp³-hybridized carbons (Fsp3) is 0.727. The molecule has 0 bridgehead atoms. The molecule has 0 amide bonds. The van der Waals surface area contributed by atoms with E-state index in [-0.39, 0.29) is 12.1 Å². The standard InChI is InChI=1S/C11H18N4O2S/c12-10-13-11(15-14-10)18-7-6-9(16)17-8-4-2-1-3-5-8/h8H,1-7H2,(H3,12,13,14,15). The van der Waals surface area contributed by atoms with Crippen LogP contribution in [0.5, 0.6) is 0 Å². The summed E-state index contributed by atoms with van der Waals surface area (Å²) < 4.78 is 5.41. The van der Waals surface area contributed by atoms with Crippen LogP contribution in [0.2, 0.25) is 0 Å². The highest BCUT2D eigenvalue weighted by molar-refractivity contribution is 7.99. The number of nitrogens with one attached hydrogen (secondary N) is 1. The third kappa shape index (κ3) is 4.21. The van der Waals surface area contributed by atoms with E-state index in [9.17, 15) is 4.79 Å². The first-order chi connectivity index (χ1) is 8.74. The first kappa shape index (κ1) is 13.2. The maximum Gasteiger partial charge on any atom is 0.306 e.